The maximum atomic E-state index is 12.0. The summed E-state index contributed by atoms with van der Waals surface area (Å²) in [5.74, 6) is 0.761. The summed E-state index contributed by atoms with van der Waals surface area (Å²) in [7, 11) is 0. The Kier molecular flexibility index (Phi) is 5.64. The molecule has 1 saturated heterocycles. The van der Waals surface area contributed by atoms with Gasteiger partial charge in [-0.3, -0.25) is 4.79 Å². The molecule has 1 aliphatic heterocycles. The first-order valence-corrected chi connectivity index (χ1v) is 7.92. The summed E-state index contributed by atoms with van der Waals surface area (Å²) < 4.78 is 0. The van der Waals surface area contributed by atoms with E-state index in [0.717, 1.165) is 32.4 Å². The Hall–Kier alpha value is -0.610. The number of likely N-dealkylation sites (tertiary alicyclic amines) is 1. The SMILES string of the molecule is CC(CNC(=O)C1CCCC1N)CN1CCCCC1. The molecule has 1 amide bonds. The lowest BCUT2D eigenvalue weighted by Gasteiger charge is -2.29. The summed E-state index contributed by atoms with van der Waals surface area (Å²) in [5, 5.41) is 3.10. The Balaban J connectivity index is 1.65. The number of nitrogens with one attached hydrogen (secondary N) is 1. The minimum atomic E-state index is 0.0576. The van der Waals surface area contributed by atoms with E-state index in [1.807, 2.05) is 0 Å². The van der Waals surface area contributed by atoms with E-state index in [0.29, 0.717) is 5.92 Å². The molecule has 1 heterocycles. The highest BCUT2D eigenvalue weighted by molar-refractivity contribution is 5.79. The number of nitrogens with zero attached hydrogens (tertiary/aromatic N) is 1. The van der Waals surface area contributed by atoms with Crippen LogP contribution in [0.4, 0.5) is 0 Å². The average Bonchev–Trinajstić information content (AvgIpc) is 2.83. The molecule has 110 valence electrons. The maximum absolute atomic E-state index is 12.0. The summed E-state index contributed by atoms with van der Waals surface area (Å²) in [4.78, 5) is 14.6. The fourth-order valence-electron chi connectivity index (χ4n) is 3.37. The zero-order valence-electron chi connectivity index (χ0n) is 12.2. The van der Waals surface area contributed by atoms with Gasteiger partial charge in [-0.25, -0.2) is 0 Å². The molecule has 0 aromatic heterocycles. The molecule has 3 atom stereocenters. The average molecular weight is 267 g/mol. The van der Waals surface area contributed by atoms with Crippen LogP contribution in [0.15, 0.2) is 0 Å². The van der Waals surface area contributed by atoms with Crippen LogP contribution in [0.3, 0.4) is 0 Å². The van der Waals surface area contributed by atoms with Crippen molar-refractivity contribution in [2.45, 2.75) is 51.5 Å². The molecule has 2 aliphatic rings. The summed E-state index contributed by atoms with van der Waals surface area (Å²) >= 11 is 0. The van der Waals surface area contributed by atoms with Crippen molar-refractivity contribution in [2.75, 3.05) is 26.2 Å². The van der Waals surface area contributed by atoms with Crippen molar-refractivity contribution in [3.05, 3.63) is 0 Å². The van der Waals surface area contributed by atoms with Crippen LogP contribution in [0.2, 0.25) is 0 Å². The predicted octanol–water partition coefficient (Wildman–Crippen LogP) is 1.35. The van der Waals surface area contributed by atoms with Crippen LogP contribution in [0.25, 0.3) is 0 Å². The normalized spacial score (nSPS) is 30.2. The third-order valence-electron chi connectivity index (χ3n) is 4.55. The van der Waals surface area contributed by atoms with Crippen molar-refractivity contribution >= 4 is 5.91 Å². The standard InChI is InChI=1S/C15H29N3O/c1-12(11-18-8-3-2-4-9-18)10-17-15(19)13-6-5-7-14(13)16/h12-14H,2-11,16H2,1H3,(H,17,19). The first-order chi connectivity index (χ1) is 9.16. The van der Waals surface area contributed by atoms with E-state index in [-0.39, 0.29) is 17.9 Å². The van der Waals surface area contributed by atoms with Gasteiger partial charge in [0.25, 0.3) is 0 Å². The molecular formula is C15H29N3O. The third kappa shape index (κ3) is 4.46. The molecule has 2 rings (SSSR count). The predicted molar refractivity (Wildman–Crippen MR) is 77.8 cm³/mol. The van der Waals surface area contributed by atoms with Gasteiger partial charge in [-0.1, -0.05) is 19.8 Å². The molecule has 0 aromatic rings. The molecule has 3 unspecified atom stereocenters. The fourth-order valence-corrected chi connectivity index (χ4v) is 3.37. The quantitative estimate of drug-likeness (QED) is 0.790. The van der Waals surface area contributed by atoms with Crippen molar-refractivity contribution in [2.24, 2.45) is 17.6 Å². The molecule has 0 aromatic carbocycles. The van der Waals surface area contributed by atoms with Crippen LogP contribution >= 0.6 is 0 Å². The second kappa shape index (κ2) is 7.25. The van der Waals surface area contributed by atoms with Gasteiger partial charge in [0.05, 0.1) is 5.92 Å². The number of nitrogens with two attached hydrogens (primary N) is 1. The lowest BCUT2D eigenvalue weighted by Crippen LogP contribution is -2.42. The van der Waals surface area contributed by atoms with E-state index >= 15 is 0 Å². The molecule has 19 heavy (non-hydrogen) atoms. The molecular weight excluding hydrogens is 238 g/mol. The summed E-state index contributed by atoms with van der Waals surface area (Å²) in [6, 6.07) is 0.0809. The third-order valence-corrected chi connectivity index (χ3v) is 4.55. The lowest BCUT2D eigenvalue weighted by molar-refractivity contribution is -0.125. The molecule has 0 spiro atoms. The van der Waals surface area contributed by atoms with E-state index in [4.69, 9.17) is 5.73 Å². The topological polar surface area (TPSA) is 58.4 Å². The summed E-state index contributed by atoms with van der Waals surface area (Å²) in [6.07, 6.45) is 7.10. The van der Waals surface area contributed by atoms with Crippen LogP contribution in [0, 0.1) is 11.8 Å². The van der Waals surface area contributed by atoms with Crippen LogP contribution in [-0.2, 0) is 4.79 Å². The van der Waals surface area contributed by atoms with Gasteiger partial charge in [0.2, 0.25) is 5.91 Å². The molecule has 1 saturated carbocycles. The zero-order valence-corrected chi connectivity index (χ0v) is 12.2. The number of rotatable bonds is 5. The maximum Gasteiger partial charge on any atom is 0.224 e. The van der Waals surface area contributed by atoms with Crippen molar-refractivity contribution in [1.82, 2.24) is 10.2 Å². The molecule has 2 fully saturated rings. The highest BCUT2D eigenvalue weighted by Crippen LogP contribution is 2.23. The second-order valence-electron chi connectivity index (χ2n) is 6.41. The number of carbonyl (C=O) groups is 1. The number of carbonyl (C=O) groups excluding carboxylic acids is 1. The fraction of sp³-hybridized carbons (Fsp3) is 0.933. The van der Waals surface area contributed by atoms with Crippen molar-refractivity contribution in [3.63, 3.8) is 0 Å². The van der Waals surface area contributed by atoms with Crippen molar-refractivity contribution in [1.29, 1.82) is 0 Å². The molecule has 4 heteroatoms. The van der Waals surface area contributed by atoms with Crippen molar-refractivity contribution < 1.29 is 4.79 Å². The second-order valence-corrected chi connectivity index (χ2v) is 6.41. The van der Waals surface area contributed by atoms with Crippen LogP contribution in [-0.4, -0.2) is 43.0 Å². The van der Waals surface area contributed by atoms with Crippen LogP contribution in [0.5, 0.6) is 0 Å². The monoisotopic (exact) mass is 267 g/mol. The van der Waals surface area contributed by atoms with E-state index in [9.17, 15) is 4.79 Å². The Labute approximate surface area is 117 Å². The smallest absolute Gasteiger partial charge is 0.224 e. The van der Waals surface area contributed by atoms with Gasteiger partial charge >= 0.3 is 0 Å². The van der Waals surface area contributed by atoms with E-state index < -0.39 is 0 Å². The number of hydrogen-bond donors (Lipinski definition) is 2. The first kappa shape index (κ1) is 14.8. The minimum absolute atomic E-state index is 0.0576. The summed E-state index contributed by atoms with van der Waals surface area (Å²) in [5.41, 5.74) is 5.97. The number of amides is 1. The van der Waals surface area contributed by atoms with Crippen LogP contribution < -0.4 is 11.1 Å². The highest BCUT2D eigenvalue weighted by atomic mass is 16.1. The lowest BCUT2D eigenvalue weighted by atomic mass is 10.0. The molecule has 3 N–H and O–H groups in total. The Bertz CT molecular complexity index is 289. The molecule has 1 aliphatic carbocycles. The summed E-state index contributed by atoms with van der Waals surface area (Å²) in [6.45, 7) is 6.58. The molecule has 0 radical (unpaired) electrons. The van der Waals surface area contributed by atoms with E-state index in [1.54, 1.807) is 0 Å². The van der Waals surface area contributed by atoms with E-state index in [2.05, 4.69) is 17.1 Å². The zero-order chi connectivity index (χ0) is 13.7. The largest absolute Gasteiger partial charge is 0.355 e. The number of hydrogen-bond acceptors (Lipinski definition) is 3. The van der Waals surface area contributed by atoms with Gasteiger partial charge < -0.3 is 16.0 Å². The highest BCUT2D eigenvalue weighted by Gasteiger charge is 2.30. The minimum Gasteiger partial charge on any atom is -0.355 e. The Morgan fingerprint density at radius 2 is 2.00 bits per heavy atom. The van der Waals surface area contributed by atoms with Crippen molar-refractivity contribution in [3.8, 4) is 0 Å². The first-order valence-electron chi connectivity index (χ1n) is 7.92. The van der Waals surface area contributed by atoms with Gasteiger partial charge in [0.1, 0.15) is 0 Å². The molecule has 0 bridgehead atoms. The van der Waals surface area contributed by atoms with Gasteiger partial charge in [0.15, 0.2) is 0 Å². The van der Waals surface area contributed by atoms with E-state index in [1.165, 1.54) is 32.4 Å². The van der Waals surface area contributed by atoms with Gasteiger partial charge in [-0.05, 0) is 44.7 Å². The van der Waals surface area contributed by atoms with Gasteiger partial charge in [-0.15, -0.1) is 0 Å². The van der Waals surface area contributed by atoms with Gasteiger partial charge in [0, 0.05) is 19.1 Å². The Morgan fingerprint density at radius 3 is 2.63 bits per heavy atom. The Morgan fingerprint density at radius 1 is 1.26 bits per heavy atom. The van der Waals surface area contributed by atoms with Gasteiger partial charge in [-0.2, -0.15) is 0 Å². The molecule has 4 nitrogen and oxygen atoms in total. The van der Waals surface area contributed by atoms with Crippen LogP contribution in [0.1, 0.15) is 45.4 Å². The number of piperidine rings is 1.